The summed E-state index contributed by atoms with van der Waals surface area (Å²) in [7, 11) is 0. The Hall–Kier alpha value is -2.31. The molecule has 2 heterocycles. The van der Waals surface area contributed by atoms with Crippen molar-refractivity contribution in [1.82, 2.24) is 9.97 Å². The Kier molecular flexibility index (Phi) is 3.64. The van der Waals surface area contributed by atoms with Gasteiger partial charge in [-0.05, 0) is 23.8 Å². The largest absolute Gasteiger partial charge is 0.392 e. The van der Waals surface area contributed by atoms with Gasteiger partial charge in [0.25, 0.3) is 0 Å². The zero-order valence-electron chi connectivity index (χ0n) is 11.3. The molecule has 106 valence electrons. The summed E-state index contributed by atoms with van der Waals surface area (Å²) in [6, 6.07) is 7.56. The number of nitrogens with one attached hydrogen (secondary N) is 1. The van der Waals surface area contributed by atoms with Crippen LogP contribution >= 0.6 is 11.3 Å². The van der Waals surface area contributed by atoms with Crippen LogP contribution < -0.4 is 5.32 Å². The number of aromatic nitrogens is 2. The van der Waals surface area contributed by atoms with E-state index < -0.39 is 0 Å². The molecule has 0 unspecified atom stereocenters. The number of thiazole rings is 1. The number of carbonyl (C=O) groups excluding carboxylic acids is 1. The Morgan fingerprint density at radius 1 is 1.33 bits per heavy atom. The molecule has 0 saturated heterocycles. The maximum Gasteiger partial charge on any atom is 0.221 e. The normalized spacial score (nSPS) is 10.8. The van der Waals surface area contributed by atoms with Gasteiger partial charge in [0, 0.05) is 18.7 Å². The Bertz CT molecular complexity index is 814. The van der Waals surface area contributed by atoms with E-state index in [1.54, 1.807) is 23.7 Å². The molecule has 6 heteroatoms. The fraction of sp³-hybridized carbons (Fsp3) is 0.133. The van der Waals surface area contributed by atoms with Gasteiger partial charge < -0.3 is 10.4 Å². The van der Waals surface area contributed by atoms with Crippen LogP contribution in [0.25, 0.3) is 20.8 Å². The number of hydrogen-bond donors (Lipinski definition) is 2. The minimum Gasteiger partial charge on any atom is -0.392 e. The second-order valence-electron chi connectivity index (χ2n) is 4.62. The molecule has 0 atom stereocenters. The molecule has 2 N–H and O–H groups in total. The van der Waals surface area contributed by atoms with Crippen molar-refractivity contribution in [2.75, 3.05) is 5.32 Å². The van der Waals surface area contributed by atoms with Crippen LogP contribution in [0, 0.1) is 0 Å². The summed E-state index contributed by atoms with van der Waals surface area (Å²) in [6.45, 7) is 1.46. The molecule has 0 aliphatic carbocycles. The highest BCUT2D eigenvalue weighted by atomic mass is 32.1. The Labute approximate surface area is 125 Å². The standard InChI is InChI=1S/C15H13N3O2S/c1-9(20)17-12-5-11(6-16-7-12)15-18-13-4-10(8-19)2-3-14(13)21-15/h2-7,19H,8H2,1H3,(H,17,20). The molecule has 0 fully saturated rings. The fourth-order valence-corrected chi connectivity index (χ4v) is 2.95. The minimum absolute atomic E-state index is 0.00235. The van der Waals surface area contributed by atoms with Gasteiger partial charge in [-0.1, -0.05) is 6.07 Å². The van der Waals surface area contributed by atoms with E-state index in [1.807, 2.05) is 24.3 Å². The molecule has 2 aromatic heterocycles. The molecule has 1 amide bonds. The number of rotatable bonds is 3. The van der Waals surface area contributed by atoms with Gasteiger partial charge in [0.15, 0.2) is 0 Å². The number of hydrogen-bond acceptors (Lipinski definition) is 5. The highest BCUT2D eigenvalue weighted by Gasteiger charge is 2.08. The van der Waals surface area contributed by atoms with E-state index in [0.29, 0.717) is 5.69 Å². The lowest BCUT2D eigenvalue weighted by atomic mass is 10.2. The summed E-state index contributed by atoms with van der Waals surface area (Å²) < 4.78 is 1.05. The lowest BCUT2D eigenvalue weighted by Gasteiger charge is -2.02. The quantitative estimate of drug-likeness (QED) is 0.780. The van der Waals surface area contributed by atoms with E-state index >= 15 is 0 Å². The van der Waals surface area contributed by atoms with Crippen molar-refractivity contribution >= 4 is 33.1 Å². The van der Waals surface area contributed by atoms with Crippen LogP contribution in [0.15, 0.2) is 36.7 Å². The minimum atomic E-state index is -0.133. The molecule has 0 radical (unpaired) electrons. The van der Waals surface area contributed by atoms with Gasteiger partial charge in [0.2, 0.25) is 5.91 Å². The van der Waals surface area contributed by atoms with E-state index in [4.69, 9.17) is 5.11 Å². The number of anilines is 1. The van der Waals surface area contributed by atoms with Gasteiger partial charge in [-0.2, -0.15) is 0 Å². The van der Waals surface area contributed by atoms with Crippen LogP contribution in [0.5, 0.6) is 0 Å². The average Bonchev–Trinajstić information content (AvgIpc) is 2.89. The zero-order valence-corrected chi connectivity index (χ0v) is 12.1. The SMILES string of the molecule is CC(=O)Nc1cncc(-c2nc3cc(CO)ccc3s2)c1. The summed E-state index contributed by atoms with van der Waals surface area (Å²) >= 11 is 1.55. The molecular formula is C15H13N3O2S. The van der Waals surface area contributed by atoms with Gasteiger partial charge in [0.05, 0.1) is 28.7 Å². The maximum atomic E-state index is 11.1. The van der Waals surface area contributed by atoms with Crippen LogP contribution in [0.1, 0.15) is 12.5 Å². The summed E-state index contributed by atoms with van der Waals surface area (Å²) in [5, 5.41) is 12.7. The van der Waals surface area contributed by atoms with Gasteiger partial charge in [0.1, 0.15) is 5.01 Å². The number of pyridine rings is 1. The van der Waals surface area contributed by atoms with Crippen LogP contribution in [0.3, 0.4) is 0 Å². The van der Waals surface area contributed by atoms with E-state index in [2.05, 4.69) is 15.3 Å². The van der Waals surface area contributed by atoms with Crippen molar-refractivity contribution in [2.45, 2.75) is 13.5 Å². The number of carbonyl (C=O) groups is 1. The third-order valence-electron chi connectivity index (χ3n) is 2.94. The highest BCUT2D eigenvalue weighted by Crippen LogP contribution is 2.31. The van der Waals surface area contributed by atoms with Crippen molar-refractivity contribution < 1.29 is 9.90 Å². The smallest absolute Gasteiger partial charge is 0.221 e. The topological polar surface area (TPSA) is 75.1 Å². The molecule has 0 bridgehead atoms. The van der Waals surface area contributed by atoms with Crippen molar-refractivity contribution in [3.8, 4) is 10.6 Å². The second-order valence-corrected chi connectivity index (χ2v) is 5.65. The predicted molar refractivity (Wildman–Crippen MR) is 83.1 cm³/mol. The molecule has 0 aliphatic rings. The average molecular weight is 299 g/mol. The van der Waals surface area contributed by atoms with Crippen LogP contribution in [0.4, 0.5) is 5.69 Å². The summed E-state index contributed by atoms with van der Waals surface area (Å²) in [6.07, 6.45) is 3.32. The summed E-state index contributed by atoms with van der Waals surface area (Å²) in [4.78, 5) is 19.8. The number of nitrogens with zero attached hydrogens (tertiary/aromatic N) is 2. The highest BCUT2D eigenvalue weighted by molar-refractivity contribution is 7.21. The summed E-state index contributed by atoms with van der Waals surface area (Å²) in [5.74, 6) is -0.133. The maximum absolute atomic E-state index is 11.1. The summed E-state index contributed by atoms with van der Waals surface area (Å²) in [5.41, 5.74) is 3.19. The van der Waals surface area contributed by atoms with Crippen molar-refractivity contribution in [1.29, 1.82) is 0 Å². The molecule has 1 aromatic carbocycles. The van der Waals surface area contributed by atoms with E-state index in [-0.39, 0.29) is 12.5 Å². The second kappa shape index (κ2) is 5.59. The predicted octanol–water partition coefficient (Wildman–Crippen LogP) is 2.81. The molecule has 21 heavy (non-hydrogen) atoms. The lowest BCUT2D eigenvalue weighted by Crippen LogP contribution is -2.05. The number of aliphatic hydroxyl groups excluding tert-OH is 1. The van der Waals surface area contributed by atoms with Gasteiger partial charge in [-0.3, -0.25) is 9.78 Å². The van der Waals surface area contributed by atoms with E-state index in [9.17, 15) is 4.79 Å². The monoisotopic (exact) mass is 299 g/mol. The van der Waals surface area contributed by atoms with Crippen molar-refractivity contribution in [3.05, 3.63) is 42.2 Å². The van der Waals surface area contributed by atoms with Crippen LogP contribution in [0.2, 0.25) is 0 Å². The molecule has 0 aliphatic heterocycles. The lowest BCUT2D eigenvalue weighted by molar-refractivity contribution is -0.114. The fourth-order valence-electron chi connectivity index (χ4n) is 2.02. The van der Waals surface area contributed by atoms with Crippen molar-refractivity contribution in [3.63, 3.8) is 0 Å². The molecule has 5 nitrogen and oxygen atoms in total. The Morgan fingerprint density at radius 2 is 2.19 bits per heavy atom. The van der Waals surface area contributed by atoms with Gasteiger partial charge >= 0.3 is 0 Å². The molecular weight excluding hydrogens is 286 g/mol. The number of aliphatic hydroxyl groups is 1. The third kappa shape index (κ3) is 2.91. The first kappa shape index (κ1) is 13.7. The van der Waals surface area contributed by atoms with Gasteiger partial charge in [-0.25, -0.2) is 4.98 Å². The number of amides is 1. The molecule has 3 rings (SSSR count). The first-order valence-electron chi connectivity index (χ1n) is 6.39. The zero-order chi connectivity index (χ0) is 14.8. The molecule has 0 spiro atoms. The Morgan fingerprint density at radius 3 is 2.95 bits per heavy atom. The Balaban J connectivity index is 2.01. The van der Waals surface area contributed by atoms with Crippen LogP contribution in [-0.2, 0) is 11.4 Å². The van der Waals surface area contributed by atoms with Gasteiger partial charge in [-0.15, -0.1) is 11.3 Å². The number of fused-ring (bicyclic) bond motifs is 1. The molecule has 0 saturated carbocycles. The third-order valence-corrected chi connectivity index (χ3v) is 4.03. The van der Waals surface area contributed by atoms with E-state index in [0.717, 1.165) is 26.4 Å². The first-order valence-corrected chi connectivity index (χ1v) is 7.20. The van der Waals surface area contributed by atoms with Crippen LogP contribution in [-0.4, -0.2) is 21.0 Å². The number of benzene rings is 1. The van der Waals surface area contributed by atoms with E-state index in [1.165, 1.54) is 6.92 Å². The molecule has 3 aromatic rings. The van der Waals surface area contributed by atoms with Crippen molar-refractivity contribution in [2.24, 2.45) is 0 Å². The first-order chi connectivity index (χ1) is 10.2.